The molecule has 0 aliphatic heterocycles. The second-order valence-corrected chi connectivity index (χ2v) is 6.00. The van der Waals surface area contributed by atoms with Gasteiger partial charge in [-0.2, -0.15) is 20.1 Å². The molecule has 3 aromatic rings. The maximum Gasteiger partial charge on any atom is 0.380 e. The number of para-hydroxylation sites is 1. The molecule has 2 heterocycles. The number of aromatic nitrogens is 5. The lowest BCUT2D eigenvalue weighted by molar-refractivity contribution is -0.139. The molecule has 144 valence electrons. The van der Waals surface area contributed by atoms with Gasteiger partial charge in [0.25, 0.3) is 5.78 Å². The van der Waals surface area contributed by atoms with Crippen molar-refractivity contribution >= 4 is 29.3 Å². The normalized spacial score (nSPS) is 10.5. The quantitative estimate of drug-likeness (QED) is 0.369. The van der Waals surface area contributed by atoms with Gasteiger partial charge < -0.3 is 15.8 Å². The largest absolute Gasteiger partial charge is 0.451 e. The molecule has 3 N–H and O–H groups in total. The molecule has 10 heteroatoms. The molecule has 1 aromatic carbocycles. The number of nitrogens with one attached hydrogen (secondary N) is 1. The number of ether oxygens (including phenoxy) is 1. The van der Waals surface area contributed by atoms with E-state index in [0.29, 0.717) is 11.4 Å². The zero-order valence-corrected chi connectivity index (χ0v) is 15.6. The van der Waals surface area contributed by atoms with E-state index in [-0.39, 0.29) is 29.9 Å². The van der Waals surface area contributed by atoms with Crippen LogP contribution in [0.1, 0.15) is 27.6 Å². The minimum Gasteiger partial charge on any atom is -0.451 e. The molecule has 0 amide bonds. The second-order valence-electron chi connectivity index (χ2n) is 6.00. The Morgan fingerprint density at radius 2 is 1.86 bits per heavy atom. The molecule has 0 atom stereocenters. The Labute approximate surface area is 160 Å². The van der Waals surface area contributed by atoms with Crippen LogP contribution in [-0.4, -0.2) is 36.5 Å². The van der Waals surface area contributed by atoms with Crippen molar-refractivity contribution in [2.24, 2.45) is 7.05 Å². The molecule has 0 unspecified atom stereocenters. The molecule has 0 aliphatic rings. The molecule has 0 spiro atoms. The summed E-state index contributed by atoms with van der Waals surface area (Å²) in [7, 11) is 1.69. The summed E-state index contributed by atoms with van der Waals surface area (Å²) in [6.07, 6.45) is 0. The number of anilines is 3. The van der Waals surface area contributed by atoms with Crippen molar-refractivity contribution in [3.63, 3.8) is 0 Å². The van der Waals surface area contributed by atoms with Crippen molar-refractivity contribution in [1.82, 2.24) is 24.7 Å². The molecule has 0 radical (unpaired) electrons. The molecule has 0 saturated carbocycles. The molecule has 0 bridgehead atoms. The van der Waals surface area contributed by atoms with Crippen LogP contribution < -0.4 is 11.1 Å². The number of esters is 1. The van der Waals surface area contributed by atoms with Crippen molar-refractivity contribution in [3.05, 3.63) is 53.1 Å². The summed E-state index contributed by atoms with van der Waals surface area (Å²) in [6.45, 7) is 3.04. The molecule has 0 saturated heterocycles. The molecule has 0 aliphatic carbocycles. The number of carbonyl (C=O) groups excluding carboxylic acids is 2. The molecule has 3 rings (SSSR count). The van der Waals surface area contributed by atoms with Gasteiger partial charge in [0.2, 0.25) is 11.9 Å². The molecular weight excluding hydrogens is 362 g/mol. The van der Waals surface area contributed by atoms with Crippen molar-refractivity contribution in [2.45, 2.75) is 20.5 Å². The third-order valence-electron chi connectivity index (χ3n) is 3.98. The number of Topliss-reactive ketones (excluding diaryl/α,β-unsaturated/α-hetero) is 1. The standard InChI is InChI=1S/C18H19N7O3/c1-10-14(11(2)25(3)24-10)15(26)16(27)28-9-13-21-17(19)23-18(22-13)20-12-7-5-4-6-8-12/h4-8H,9H2,1-3H3,(H3,19,20,21,22,23). The van der Waals surface area contributed by atoms with Crippen LogP contribution in [0.3, 0.4) is 0 Å². The molecule has 0 fully saturated rings. The minimum atomic E-state index is -1.02. The van der Waals surface area contributed by atoms with E-state index in [1.54, 1.807) is 20.9 Å². The number of nitrogen functional groups attached to an aromatic ring is 1. The van der Waals surface area contributed by atoms with Crippen LogP contribution in [0, 0.1) is 13.8 Å². The van der Waals surface area contributed by atoms with Crippen molar-refractivity contribution < 1.29 is 14.3 Å². The van der Waals surface area contributed by atoms with E-state index in [1.165, 1.54) is 4.68 Å². The lowest BCUT2D eigenvalue weighted by atomic mass is 10.1. The van der Waals surface area contributed by atoms with Crippen molar-refractivity contribution in [2.75, 3.05) is 11.1 Å². The summed E-state index contributed by atoms with van der Waals surface area (Å²) in [5.41, 5.74) is 7.72. The summed E-state index contributed by atoms with van der Waals surface area (Å²) in [4.78, 5) is 36.6. The first-order valence-corrected chi connectivity index (χ1v) is 8.39. The first-order chi connectivity index (χ1) is 13.3. The van der Waals surface area contributed by atoms with Gasteiger partial charge in [-0.05, 0) is 26.0 Å². The maximum atomic E-state index is 12.4. The van der Waals surface area contributed by atoms with Gasteiger partial charge in [-0.15, -0.1) is 0 Å². The average Bonchev–Trinajstić information content (AvgIpc) is 2.91. The highest BCUT2D eigenvalue weighted by atomic mass is 16.5. The van der Waals surface area contributed by atoms with E-state index in [0.717, 1.165) is 5.69 Å². The Hall–Kier alpha value is -3.82. The van der Waals surface area contributed by atoms with E-state index in [2.05, 4.69) is 25.4 Å². The molecular formula is C18H19N7O3. The van der Waals surface area contributed by atoms with Gasteiger partial charge in [0.05, 0.1) is 11.3 Å². The van der Waals surface area contributed by atoms with Crippen LogP contribution in [0.4, 0.5) is 17.6 Å². The Kier molecular flexibility index (Phi) is 5.30. The monoisotopic (exact) mass is 381 g/mol. The Morgan fingerprint density at radius 3 is 2.50 bits per heavy atom. The lowest BCUT2D eigenvalue weighted by Crippen LogP contribution is -2.20. The summed E-state index contributed by atoms with van der Waals surface area (Å²) in [6, 6.07) is 9.24. The molecule has 28 heavy (non-hydrogen) atoms. The van der Waals surface area contributed by atoms with Crippen molar-refractivity contribution in [3.8, 4) is 0 Å². The number of ketones is 1. The summed E-state index contributed by atoms with van der Waals surface area (Å²) in [5, 5.41) is 7.10. The number of nitrogens with two attached hydrogens (primary N) is 1. The SMILES string of the molecule is Cc1nn(C)c(C)c1C(=O)C(=O)OCc1nc(N)nc(Nc2ccccc2)n1. The summed E-state index contributed by atoms with van der Waals surface area (Å²) < 4.78 is 6.59. The highest BCUT2D eigenvalue weighted by Crippen LogP contribution is 2.15. The number of benzene rings is 1. The number of hydrogen-bond acceptors (Lipinski definition) is 9. The van der Waals surface area contributed by atoms with Gasteiger partial charge in [-0.1, -0.05) is 18.2 Å². The zero-order chi connectivity index (χ0) is 20.3. The smallest absolute Gasteiger partial charge is 0.380 e. The average molecular weight is 381 g/mol. The van der Waals surface area contributed by atoms with E-state index in [4.69, 9.17) is 10.5 Å². The van der Waals surface area contributed by atoms with Gasteiger partial charge in [-0.3, -0.25) is 9.48 Å². The Balaban J connectivity index is 1.70. The van der Waals surface area contributed by atoms with Gasteiger partial charge in [-0.25, -0.2) is 4.79 Å². The molecule has 2 aromatic heterocycles. The number of rotatable bonds is 6. The first-order valence-electron chi connectivity index (χ1n) is 8.39. The van der Waals surface area contributed by atoms with Gasteiger partial charge in [0.1, 0.15) is 0 Å². The maximum absolute atomic E-state index is 12.4. The number of nitrogens with zero attached hydrogens (tertiary/aromatic N) is 5. The van der Waals surface area contributed by atoms with Gasteiger partial charge in [0.15, 0.2) is 12.4 Å². The number of aryl methyl sites for hydroxylation is 2. The third-order valence-corrected chi connectivity index (χ3v) is 3.98. The van der Waals surface area contributed by atoms with Crippen LogP contribution in [-0.2, 0) is 23.2 Å². The lowest BCUT2D eigenvalue weighted by Gasteiger charge is -2.08. The highest BCUT2D eigenvalue weighted by Gasteiger charge is 2.25. The van der Waals surface area contributed by atoms with E-state index >= 15 is 0 Å². The predicted octanol–water partition coefficient (Wildman–Crippen LogP) is 1.47. The van der Waals surface area contributed by atoms with Crippen molar-refractivity contribution in [1.29, 1.82) is 0 Å². The van der Waals surface area contributed by atoms with Crippen LogP contribution in [0.15, 0.2) is 30.3 Å². The zero-order valence-electron chi connectivity index (χ0n) is 15.6. The van der Waals surface area contributed by atoms with Crippen LogP contribution in [0.5, 0.6) is 0 Å². The third kappa shape index (κ3) is 4.11. The second kappa shape index (κ2) is 7.82. The topological polar surface area (TPSA) is 138 Å². The predicted molar refractivity (Wildman–Crippen MR) is 101 cm³/mol. The number of carbonyl (C=O) groups is 2. The summed E-state index contributed by atoms with van der Waals surface area (Å²) >= 11 is 0. The highest BCUT2D eigenvalue weighted by molar-refractivity contribution is 6.41. The molecule has 10 nitrogen and oxygen atoms in total. The fourth-order valence-corrected chi connectivity index (χ4v) is 2.61. The Bertz CT molecular complexity index is 1030. The Morgan fingerprint density at radius 1 is 1.14 bits per heavy atom. The van der Waals surface area contributed by atoms with Gasteiger partial charge >= 0.3 is 5.97 Å². The fourth-order valence-electron chi connectivity index (χ4n) is 2.61. The van der Waals surface area contributed by atoms with Gasteiger partial charge in [0, 0.05) is 18.4 Å². The van der Waals surface area contributed by atoms with Crippen LogP contribution in [0.2, 0.25) is 0 Å². The van der Waals surface area contributed by atoms with Crippen LogP contribution in [0.25, 0.3) is 0 Å². The number of hydrogen-bond donors (Lipinski definition) is 2. The van der Waals surface area contributed by atoms with E-state index in [1.807, 2.05) is 30.3 Å². The van der Waals surface area contributed by atoms with Crippen LogP contribution >= 0.6 is 0 Å². The summed E-state index contributed by atoms with van der Waals surface area (Å²) in [5.74, 6) is -1.50. The van der Waals surface area contributed by atoms with E-state index < -0.39 is 11.8 Å². The van der Waals surface area contributed by atoms with E-state index in [9.17, 15) is 9.59 Å². The fraction of sp³-hybridized carbons (Fsp3) is 0.222. The first kappa shape index (κ1) is 19.0. The minimum absolute atomic E-state index is 0.0373.